The standard InChI is InChI=1S/C9H15NO4/c11-10(12)6-8-7-13-9(14-8)4-2-1-3-5-9/h8H,1-7H2. The highest BCUT2D eigenvalue weighted by Gasteiger charge is 2.43. The molecule has 1 atom stereocenters. The van der Waals surface area contributed by atoms with Crippen molar-refractivity contribution in [1.82, 2.24) is 0 Å². The average Bonchev–Trinajstić information content (AvgIpc) is 2.49. The molecule has 2 aliphatic rings. The first-order chi connectivity index (χ1) is 6.70. The molecule has 0 amide bonds. The van der Waals surface area contributed by atoms with Crippen LogP contribution in [0.4, 0.5) is 0 Å². The second-order valence-corrected chi connectivity index (χ2v) is 4.04. The minimum Gasteiger partial charge on any atom is -0.347 e. The van der Waals surface area contributed by atoms with Crippen molar-refractivity contribution in [3.8, 4) is 0 Å². The maximum Gasteiger partial charge on any atom is 0.232 e. The molecule has 5 heteroatoms. The zero-order valence-electron chi connectivity index (χ0n) is 8.11. The van der Waals surface area contributed by atoms with Crippen molar-refractivity contribution in [3.05, 3.63) is 10.1 Å². The SMILES string of the molecule is O=[N+]([O-])CC1COC2(CCCCC2)O1. The van der Waals surface area contributed by atoms with Gasteiger partial charge < -0.3 is 9.47 Å². The smallest absolute Gasteiger partial charge is 0.232 e. The molecular weight excluding hydrogens is 186 g/mol. The molecule has 0 radical (unpaired) electrons. The fraction of sp³-hybridized carbons (Fsp3) is 1.00. The quantitative estimate of drug-likeness (QED) is 0.499. The molecule has 2 rings (SSSR count). The van der Waals surface area contributed by atoms with Gasteiger partial charge in [0.05, 0.1) is 6.61 Å². The Morgan fingerprint density at radius 3 is 2.71 bits per heavy atom. The Bertz CT molecular complexity index is 225. The summed E-state index contributed by atoms with van der Waals surface area (Å²) < 4.78 is 11.2. The largest absolute Gasteiger partial charge is 0.347 e. The molecule has 0 aromatic rings. The first-order valence-corrected chi connectivity index (χ1v) is 5.14. The van der Waals surface area contributed by atoms with Crippen molar-refractivity contribution in [2.75, 3.05) is 13.2 Å². The van der Waals surface area contributed by atoms with Gasteiger partial charge in [0, 0.05) is 17.8 Å². The third-order valence-corrected chi connectivity index (χ3v) is 2.88. The van der Waals surface area contributed by atoms with E-state index in [1.54, 1.807) is 0 Å². The second kappa shape index (κ2) is 3.82. The summed E-state index contributed by atoms with van der Waals surface area (Å²) in [6.45, 7) is 0.239. The molecule has 1 spiro atoms. The van der Waals surface area contributed by atoms with Gasteiger partial charge in [-0.25, -0.2) is 0 Å². The van der Waals surface area contributed by atoms with Crippen LogP contribution in [-0.2, 0) is 9.47 Å². The fourth-order valence-electron chi connectivity index (χ4n) is 2.23. The summed E-state index contributed by atoms with van der Waals surface area (Å²) in [5.74, 6) is -0.473. The highest BCUT2D eigenvalue weighted by molar-refractivity contribution is 4.82. The Morgan fingerprint density at radius 1 is 1.36 bits per heavy atom. The minimum atomic E-state index is -0.473. The van der Waals surface area contributed by atoms with E-state index in [0.717, 1.165) is 25.7 Å². The molecule has 1 unspecified atom stereocenters. The van der Waals surface area contributed by atoms with E-state index in [0.29, 0.717) is 6.61 Å². The van der Waals surface area contributed by atoms with Gasteiger partial charge in [0.25, 0.3) is 0 Å². The number of nitro groups is 1. The van der Waals surface area contributed by atoms with Crippen LogP contribution in [0, 0.1) is 10.1 Å². The maximum atomic E-state index is 10.3. The highest BCUT2D eigenvalue weighted by atomic mass is 16.7. The van der Waals surface area contributed by atoms with E-state index in [1.807, 2.05) is 0 Å². The lowest BCUT2D eigenvalue weighted by Gasteiger charge is -2.31. The molecule has 2 fully saturated rings. The van der Waals surface area contributed by atoms with Gasteiger partial charge in [0.2, 0.25) is 6.54 Å². The van der Waals surface area contributed by atoms with Crippen molar-refractivity contribution >= 4 is 0 Å². The predicted molar refractivity (Wildman–Crippen MR) is 48.5 cm³/mol. The van der Waals surface area contributed by atoms with Crippen LogP contribution in [0.3, 0.4) is 0 Å². The number of nitrogens with zero attached hydrogens (tertiary/aromatic N) is 1. The van der Waals surface area contributed by atoms with Crippen LogP contribution in [0.2, 0.25) is 0 Å². The lowest BCUT2D eigenvalue weighted by atomic mass is 9.94. The summed E-state index contributed by atoms with van der Waals surface area (Å²) in [5.41, 5.74) is 0. The molecule has 1 saturated carbocycles. The van der Waals surface area contributed by atoms with E-state index in [1.165, 1.54) is 6.42 Å². The maximum absolute atomic E-state index is 10.3. The summed E-state index contributed by atoms with van der Waals surface area (Å²) in [6.07, 6.45) is 4.86. The molecule has 0 aromatic carbocycles. The molecule has 1 aliphatic heterocycles. The molecule has 80 valence electrons. The summed E-state index contributed by atoms with van der Waals surface area (Å²) in [5, 5.41) is 10.3. The third kappa shape index (κ3) is 2.04. The molecule has 0 N–H and O–H groups in total. The van der Waals surface area contributed by atoms with E-state index in [4.69, 9.17) is 9.47 Å². The Hall–Kier alpha value is -0.680. The molecule has 1 heterocycles. The Morgan fingerprint density at radius 2 is 2.07 bits per heavy atom. The Labute approximate surface area is 82.5 Å². The topological polar surface area (TPSA) is 61.6 Å². The van der Waals surface area contributed by atoms with Gasteiger partial charge in [0.1, 0.15) is 6.10 Å². The molecule has 1 aliphatic carbocycles. The van der Waals surface area contributed by atoms with E-state index < -0.39 is 5.79 Å². The van der Waals surface area contributed by atoms with Gasteiger partial charge in [-0.2, -0.15) is 0 Å². The molecule has 14 heavy (non-hydrogen) atoms. The van der Waals surface area contributed by atoms with Gasteiger partial charge in [-0.3, -0.25) is 10.1 Å². The van der Waals surface area contributed by atoms with Crippen LogP contribution >= 0.6 is 0 Å². The lowest BCUT2D eigenvalue weighted by Crippen LogP contribution is -2.34. The zero-order valence-corrected chi connectivity index (χ0v) is 8.11. The van der Waals surface area contributed by atoms with Crippen LogP contribution in [0.5, 0.6) is 0 Å². The molecular formula is C9H15NO4. The van der Waals surface area contributed by atoms with E-state index in [-0.39, 0.29) is 17.6 Å². The Kier molecular flexibility index (Phi) is 2.69. The van der Waals surface area contributed by atoms with Crippen molar-refractivity contribution in [2.45, 2.75) is 44.0 Å². The molecule has 1 saturated heterocycles. The van der Waals surface area contributed by atoms with Gasteiger partial charge in [-0.1, -0.05) is 6.42 Å². The van der Waals surface area contributed by atoms with Gasteiger partial charge in [-0.15, -0.1) is 0 Å². The summed E-state index contributed by atoms with van der Waals surface area (Å²) in [6, 6.07) is 0. The average molecular weight is 201 g/mol. The first-order valence-electron chi connectivity index (χ1n) is 5.14. The lowest BCUT2D eigenvalue weighted by molar-refractivity contribution is -0.491. The van der Waals surface area contributed by atoms with Crippen LogP contribution in [0.1, 0.15) is 32.1 Å². The van der Waals surface area contributed by atoms with Crippen LogP contribution < -0.4 is 0 Å². The minimum absolute atomic E-state index is 0.137. The third-order valence-electron chi connectivity index (χ3n) is 2.88. The van der Waals surface area contributed by atoms with Crippen molar-refractivity contribution in [1.29, 1.82) is 0 Å². The fourth-order valence-corrected chi connectivity index (χ4v) is 2.23. The van der Waals surface area contributed by atoms with Crippen LogP contribution in [0.25, 0.3) is 0 Å². The van der Waals surface area contributed by atoms with Crippen molar-refractivity contribution < 1.29 is 14.4 Å². The van der Waals surface area contributed by atoms with Crippen molar-refractivity contribution in [3.63, 3.8) is 0 Å². The summed E-state index contributed by atoms with van der Waals surface area (Å²) in [7, 11) is 0. The zero-order chi connectivity index (χ0) is 10.0. The molecule has 5 nitrogen and oxygen atoms in total. The number of rotatable bonds is 2. The number of hydrogen-bond acceptors (Lipinski definition) is 4. The van der Waals surface area contributed by atoms with E-state index in [9.17, 15) is 10.1 Å². The molecule has 0 aromatic heterocycles. The van der Waals surface area contributed by atoms with Gasteiger partial charge in [0.15, 0.2) is 5.79 Å². The Balaban J connectivity index is 1.89. The van der Waals surface area contributed by atoms with E-state index in [2.05, 4.69) is 0 Å². The van der Waals surface area contributed by atoms with Crippen molar-refractivity contribution in [2.24, 2.45) is 0 Å². The monoisotopic (exact) mass is 201 g/mol. The van der Waals surface area contributed by atoms with E-state index >= 15 is 0 Å². The summed E-state index contributed by atoms with van der Waals surface area (Å²) >= 11 is 0. The number of hydrogen-bond donors (Lipinski definition) is 0. The van der Waals surface area contributed by atoms with Crippen LogP contribution in [-0.4, -0.2) is 30.0 Å². The normalized spacial score (nSPS) is 30.7. The highest BCUT2D eigenvalue weighted by Crippen LogP contribution is 2.37. The summed E-state index contributed by atoms with van der Waals surface area (Å²) in [4.78, 5) is 9.96. The van der Waals surface area contributed by atoms with Gasteiger partial charge >= 0.3 is 0 Å². The van der Waals surface area contributed by atoms with Gasteiger partial charge in [-0.05, 0) is 12.8 Å². The first kappa shape index (κ1) is 9.86. The predicted octanol–water partition coefficient (Wildman–Crippen LogP) is 1.34. The van der Waals surface area contributed by atoms with Crippen LogP contribution in [0.15, 0.2) is 0 Å². The second-order valence-electron chi connectivity index (χ2n) is 4.04. The number of ether oxygens (including phenoxy) is 2. The molecule has 0 bridgehead atoms.